The van der Waals surface area contributed by atoms with E-state index in [9.17, 15) is 9.59 Å². The van der Waals surface area contributed by atoms with Crippen LogP contribution in [0.25, 0.3) is 6.08 Å². The van der Waals surface area contributed by atoms with Crippen LogP contribution in [0.2, 0.25) is 0 Å². The van der Waals surface area contributed by atoms with E-state index in [1.165, 1.54) is 0 Å². The van der Waals surface area contributed by atoms with Crippen LogP contribution >= 0.6 is 0 Å². The van der Waals surface area contributed by atoms with Crippen LogP contribution in [0.4, 0.5) is 5.69 Å². The summed E-state index contributed by atoms with van der Waals surface area (Å²) in [4.78, 5) is 26.7. The van der Waals surface area contributed by atoms with Crippen molar-refractivity contribution in [2.75, 3.05) is 11.4 Å². The molecule has 0 aliphatic carbocycles. The van der Waals surface area contributed by atoms with Crippen molar-refractivity contribution >= 4 is 23.5 Å². The number of anilines is 1. The summed E-state index contributed by atoms with van der Waals surface area (Å²) in [7, 11) is 0. The van der Waals surface area contributed by atoms with Crippen molar-refractivity contribution in [3.63, 3.8) is 0 Å². The average Bonchev–Trinajstić information content (AvgIpc) is 2.60. The van der Waals surface area contributed by atoms with Crippen LogP contribution in [0, 0.1) is 0 Å². The van der Waals surface area contributed by atoms with Crippen LogP contribution in [-0.4, -0.2) is 18.2 Å². The second kappa shape index (κ2) is 6.61. The van der Waals surface area contributed by atoms with Gasteiger partial charge in [-0.25, -0.2) is 0 Å². The Bertz CT molecular complexity index is 762. The number of rotatable bonds is 3. The molecular formula is C20H19NO2. The highest BCUT2D eigenvalue weighted by atomic mass is 16.2. The molecule has 0 saturated heterocycles. The van der Waals surface area contributed by atoms with Gasteiger partial charge < -0.3 is 4.90 Å². The van der Waals surface area contributed by atoms with Gasteiger partial charge in [0.05, 0.1) is 5.69 Å². The molecule has 0 unspecified atom stereocenters. The van der Waals surface area contributed by atoms with Crippen molar-refractivity contribution in [2.24, 2.45) is 0 Å². The van der Waals surface area contributed by atoms with Gasteiger partial charge in [0.2, 0.25) is 0 Å². The number of nitrogens with zero attached hydrogens (tertiary/aromatic N) is 1. The third-order valence-corrected chi connectivity index (χ3v) is 4.10. The second-order valence-electron chi connectivity index (χ2n) is 5.58. The minimum Gasteiger partial charge on any atom is -0.307 e. The molecule has 1 aliphatic heterocycles. The van der Waals surface area contributed by atoms with Crippen LogP contribution in [0.1, 0.15) is 35.7 Å². The number of para-hydroxylation sites is 1. The summed E-state index contributed by atoms with van der Waals surface area (Å²) in [5, 5.41) is 0. The molecule has 0 bridgehead atoms. The predicted molar refractivity (Wildman–Crippen MR) is 92.5 cm³/mol. The summed E-state index contributed by atoms with van der Waals surface area (Å²) in [5.41, 5.74) is 3.13. The predicted octanol–water partition coefficient (Wildman–Crippen LogP) is 4.10. The summed E-state index contributed by atoms with van der Waals surface area (Å²) in [6.45, 7) is 2.43. The standard InChI is InChI=1S/C20H19NO2/c1-2-16(14-15-8-4-3-5-9-15)20(23)21-13-12-19(22)17-10-6-7-11-18(17)21/h3-11,14H,2,12-13H2,1H3/b16-14+. The van der Waals surface area contributed by atoms with Crippen molar-refractivity contribution in [1.29, 1.82) is 0 Å². The third-order valence-electron chi connectivity index (χ3n) is 4.10. The lowest BCUT2D eigenvalue weighted by Gasteiger charge is -2.29. The Morgan fingerprint density at radius 1 is 1.09 bits per heavy atom. The molecule has 23 heavy (non-hydrogen) atoms. The zero-order chi connectivity index (χ0) is 16.2. The Labute approximate surface area is 136 Å². The minimum atomic E-state index is -0.0173. The van der Waals surface area contributed by atoms with Crippen molar-refractivity contribution in [2.45, 2.75) is 19.8 Å². The van der Waals surface area contributed by atoms with E-state index in [4.69, 9.17) is 0 Å². The summed E-state index contributed by atoms with van der Waals surface area (Å²) >= 11 is 0. The Morgan fingerprint density at radius 2 is 1.78 bits per heavy atom. The third kappa shape index (κ3) is 3.09. The number of amides is 1. The first kappa shape index (κ1) is 15.2. The monoisotopic (exact) mass is 305 g/mol. The van der Waals surface area contributed by atoms with Gasteiger partial charge in [-0.1, -0.05) is 49.4 Å². The van der Waals surface area contributed by atoms with Gasteiger partial charge in [-0.2, -0.15) is 0 Å². The van der Waals surface area contributed by atoms with Gasteiger partial charge in [-0.3, -0.25) is 9.59 Å². The van der Waals surface area contributed by atoms with E-state index in [0.29, 0.717) is 24.9 Å². The van der Waals surface area contributed by atoms with Gasteiger partial charge in [0.25, 0.3) is 5.91 Å². The van der Waals surface area contributed by atoms with E-state index in [2.05, 4.69) is 0 Å². The second-order valence-corrected chi connectivity index (χ2v) is 5.58. The number of fused-ring (bicyclic) bond motifs is 1. The Morgan fingerprint density at radius 3 is 2.52 bits per heavy atom. The van der Waals surface area contributed by atoms with E-state index >= 15 is 0 Å². The molecule has 2 aromatic carbocycles. The summed E-state index contributed by atoms with van der Waals surface area (Å²) in [6.07, 6.45) is 2.97. The highest BCUT2D eigenvalue weighted by Crippen LogP contribution is 2.28. The fourth-order valence-electron chi connectivity index (χ4n) is 2.86. The molecule has 0 saturated carbocycles. The molecule has 116 valence electrons. The maximum Gasteiger partial charge on any atom is 0.254 e. The number of carbonyl (C=O) groups is 2. The molecule has 2 aromatic rings. The smallest absolute Gasteiger partial charge is 0.254 e. The molecule has 3 rings (SSSR count). The first-order valence-corrected chi connectivity index (χ1v) is 7.90. The summed E-state index contributed by atoms with van der Waals surface area (Å²) < 4.78 is 0. The molecule has 0 radical (unpaired) electrons. The van der Waals surface area contributed by atoms with Gasteiger partial charge in [0, 0.05) is 24.1 Å². The van der Waals surface area contributed by atoms with Crippen LogP contribution in [0.3, 0.4) is 0 Å². The lowest BCUT2D eigenvalue weighted by molar-refractivity contribution is -0.115. The average molecular weight is 305 g/mol. The number of Topliss-reactive ketones (excluding diaryl/α,β-unsaturated/α-hetero) is 1. The van der Waals surface area contributed by atoms with Gasteiger partial charge >= 0.3 is 0 Å². The van der Waals surface area contributed by atoms with Crippen molar-refractivity contribution in [3.05, 3.63) is 71.3 Å². The largest absolute Gasteiger partial charge is 0.307 e. The minimum absolute atomic E-state index is 0.0173. The van der Waals surface area contributed by atoms with Crippen LogP contribution in [0.15, 0.2) is 60.2 Å². The summed E-state index contributed by atoms with van der Waals surface area (Å²) in [5.74, 6) is 0.0889. The lowest BCUT2D eigenvalue weighted by Crippen LogP contribution is -2.38. The van der Waals surface area contributed by atoms with Crippen molar-refractivity contribution in [1.82, 2.24) is 0 Å². The topological polar surface area (TPSA) is 37.4 Å². The molecule has 1 aliphatic rings. The fourth-order valence-corrected chi connectivity index (χ4v) is 2.86. The van der Waals surface area contributed by atoms with E-state index in [1.54, 1.807) is 11.0 Å². The fraction of sp³-hybridized carbons (Fsp3) is 0.200. The Kier molecular flexibility index (Phi) is 4.38. The van der Waals surface area contributed by atoms with Gasteiger partial charge in [0.15, 0.2) is 5.78 Å². The molecule has 0 fully saturated rings. The first-order valence-electron chi connectivity index (χ1n) is 7.90. The number of benzene rings is 2. The molecular weight excluding hydrogens is 286 g/mol. The normalized spacial score (nSPS) is 14.6. The van der Waals surface area contributed by atoms with Crippen LogP contribution in [-0.2, 0) is 4.79 Å². The SMILES string of the molecule is CC/C(=C\c1ccccc1)C(=O)N1CCC(=O)c2ccccc21. The van der Waals surface area contributed by atoms with E-state index in [1.807, 2.05) is 61.5 Å². The molecule has 3 heteroatoms. The molecule has 1 heterocycles. The first-order chi connectivity index (χ1) is 11.2. The molecule has 0 spiro atoms. The molecule has 0 atom stereocenters. The van der Waals surface area contributed by atoms with Gasteiger partial charge in [-0.05, 0) is 30.2 Å². The van der Waals surface area contributed by atoms with Crippen molar-refractivity contribution in [3.8, 4) is 0 Å². The van der Waals surface area contributed by atoms with Gasteiger partial charge in [-0.15, -0.1) is 0 Å². The Hall–Kier alpha value is -2.68. The highest BCUT2D eigenvalue weighted by Gasteiger charge is 2.27. The van der Waals surface area contributed by atoms with Crippen LogP contribution < -0.4 is 4.90 Å². The molecule has 0 N–H and O–H groups in total. The maximum atomic E-state index is 12.9. The molecule has 0 aromatic heterocycles. The number of hydrogen-bond acceptors (Lipinski definition) is 2. The van der Waals surface area contributed by atoms with E-state index in [-0.39, 0.29) is 11.7 Å². The summed E-state index contributed by atoms with van der Waals surface area (Å²) in [6, 6.07) is 17.2. The number of ketones is 1. The van der Waals surface area contributed by atoms with E-state index in [0.717, 1.165) is 16.8 Å². The highest BCUT2D eigenvalue weighted by molar-refractivity contribution is 6.14. The maximum absolute atomic E-state index is 12.9. The van der Waals surface area contributed by atoms with Crippen molar-refractivity contribution < 1.29 is 9.59 Å². The molecule has 1 amide bonds. The number of carbonyl (C=O) groups excluding carboxylic acids is 2. The molecule has 3 nitrogen and oxygen atoms in total. The zero-order valence-electron chi connectivity index (χ0n) is 13.2. The zero-order valence-corrected chi connectivity index (χ0v) is 13.2. The van der Waals surface area contributed by atoms with E-state index < -0.39 is 0 Å². The lowest BCUT2D eigenvalue weighted by atomic mass is 9.98. The van der Waals surface area contributed by atoms with Crippen LogP contribution in [0.5, 0.6) is 0 Å². The number of hydrogen-bond donors (Lipinski definition) is 0. The quantitative estimate of drug-likeness (QED) is 0.801. The Balaban J connectivity index is 1.95. The van der Waals surface area contributed by atoms with Gasteiger partial charge in [0.1, 0.15) is 0 Å².